The number of hydrogen-bond donors (Lipinski definition) is 1. The third kappa shape index (κ3) is 4.42. The van der Waals surface area contributed by atoms with E-state index in [2.05, 4.69) is 5.32 Å². The highest BCUT2D eigenvalue weighted by molar-refractivity contribution is 7.89. The van der Waals surface area contributed by atoms with Gasteiger partial charge in [-0.05, 0) is 61.6 Å². The Kier molecular flexibility index (Phi) is 6.15. The molecule has 1 aliphatic heterocycles. The van der Waals surface area contributed by atoms with Crippen molar-refractivity contribution < 1.29 is 17.6 Å². The van der Waals surface area contributed by atoms with Crippen molar-refractivity contribution in [2.45, 2.75) is 44.6 Å². The summed E-state index contributed by atoms with van der Waals surface area (Å²) in [5.41, 5.74) is 2.32. The van der Waals surface area contributed by atoms with Crippen LogP contribution < -0.4 is 5.32 Å². The minimum Gasteiger partial charge on any atom is -0.348 e. The molecule has 0 unspecified atom stereocenters. The molecule has 0 aromatic heterocycles. The van der Waals surface area contributed by atoms with E-state index in [-0.39, 0.29) is 23.2 Å². The number of aryl methyl sites for hydroxylation is 2. The Labute approximate surface area is 165 Å². The topological polar surface area (TPSA) is 66.5 Å². The highest BCUT2D eigenvalue weighted by atomic mass is 32.2. The zero-order valence-corrected chi connectivity index (χ0v) is 17.0. The third-order valence-corrected chi connectivity index (χ3v) is 6.98. The highest BCUT2D eigenvalue weighted by Crippen LogP contribution is 2.23. The smallest absolute Gasteiger partial charge is 0.251 e. The van der Waals surface area contributed by atoms with Gasteiger partial charge in [0.15, 0.2) is 0 Å². The first-order valence-electron chi connectivity index (χ1n) is 9.43. The maximum Gasteiger partial charge on any atom is 0.251 e. The van der Waals surface area contributed by atoms with Crippen LogP contribution in [0.5, 0.6) is 0 Å². The summed E-state index contributed by atoms with van der Waals surface area (Å²) < 4.78 is 40.6. The predicted molar refractivity (Wildman–Crippen MR) is 106 cm³/mol. The number of amides is 1. The van der Waals surface area contributed by atoms with Gasteiger partial charge >= 0.3 is 0 Å². The first-order valence-corrected chi connectivity index (χ1v) is 10.9. The van der Waals surface area contributed by atoms with Crippen LogP contribution in [-0.4, -0.2) is 31.7 Å². The monoisotopic (exact) mass is 404 g/mol. The number of carbonyl (C=O) groups excluding carboxylic acids is 1. The third-order valence-electron chi connectivity index (χ3n) is 5.08. The molecule has 5 nitrogen and oxygen atoms in total. The van der Waals surface area contributed by atoms with Crippen LogP contribution in [0, 0.1) is 19.7 Å². The van der Waals surface area contributed by atoms with Gasteiger partial charge in [-0.15, -0.1) is 0 Å². The number of piperidine rings is 1. The van der Waals surface area contributed by atoms with Crippen molar-refractivity contribution >= 4 is 15.9 Å². The number of nitrogens with one attached hydrogen (secondary N) is 1. The number of carbonyl (C=O) groups is 1. The van der Waals surface area contributed by atoms with E-state index < -0.39 is 10.0 Å². The van der Waals surface area contributed by atoms with E-state index in [1.165, 1.54) is 16.4 Å². The summed E-state index contributed by atoms with van der Waals surface area (Å²) in [7, 11) is -3.60. The van der Waals surface area contributed by atoms with E-state index in [1.807, 2.05) is 0 Å². The Bertz CT molecular complexity index is 983. The van der Waals surface area contributed by atoms with E-state index in [0.29, 0.717) is 29.8 Å². The highest BCUT2D eigenvalue weighted by Gasteiger charge is 2.27. The van der Waals surface area contributed by atoms with Crippen LogP contribution in [0.1, 0.15) is 46.3 Å². The minimum atomic E-state index is -3.60. The molecular weight excluding hydrogens is 379 g/mol. The van der Waals surface area contributed by atoms with Gasteiger partial charge in [0.05, 0.1) is 4.90 Å². The predicted octanol–water partition coefficient (Wildman–Crippen LogP) is 3.55. The average molecular weight is 405 g/mol. The van der Waals surface area contributed by atoms with Crippen molar-refractivity contribution in [1.82, 2.24) is 9.62 Å². The zero-order valence-electron chi connectivity index (χ0n) is 16.2. The normalized spacial score (nSPS) is 15.4. The van der Waals surface area contributed by atoms with Gasteiger partial charge in [-0.2, -0.15) is 4.31 Å². The molecule has 1 saturated heterocycles. The van der Waals surface area contributed by atoms with Crippen LogP contribution in [-0.2, 0) is 16.6 Å². The first-order chi connectivity index (χ1) is 13.3. The van der Waals surface area contributed by atoms with E-state index in [4.69, 9.17) is 0 Å². The maximum absolute atomic E-state index is 13.4. The molecule has 0 spiro atoms. The molecule has 0 saturated carbocycles. The summed E-state index contributed by atoms with van der Waals surface area (Å²) in [6, 6.07) is 9.33. The van der Waals surface area contributed by atoms with Crippen molar-refractivity contribution in [2.75, 3.05) is 13.1 Å². The van der Waals surface area contributed by atoms with Crippen molar-refractivity contribution in [2.24, 2.45) is 0 Å². The minimum absolute atomic E-state index is 0.141. The maximum atomic E-state index is 13.4. The zero-order chi connectivity index (χ0) is 20.3. The van der Waals surface area contributed by atoms with Crippen LogP contribution in [0.2, 0.25) is 0 Å². The molecule has 1 aliphatic rings. The largest absolute Gasteiger partial charge is 0.348 e. The van der Waals surface area contributed by atoms with Crippen LogP contribution in [0.4, 0.5) is 4.39 Å². The molecule has 3 rings (SSSR count). The van der Waals surface area contributed by atoms with Gasteiger partial charge in [-0.3, -0.25) is 4.79 Å². The van der Waals surface area contributed by atoms with Crippen molar-refractivity contribution in [3.05, 3.63) is 64.5 Å². The van der Waals surface area contributed by atoms with E-state index >= 15 is 0 Å². The molecule has 1 heterocycles. The number of halogens is 1. The van der Waals surface area contributed by atoms with Gasteiger partial charge in [0.2, 0.25) is 10.0 Å². The fourth-order valence-electron chi connectivity index (χ4n) is 3.35. The Morgan fingerprint density at radius 2 is 1.75 bits per heavy atom. The fraction of sp³-hybridized carbons (Fsp3) is 0.381. The van der Waals surface area contributed by atoms with Crippen molar-refractivity contribution in [1.29, 1.82) is 0 Å². The molecule has 1 N–H and O–H groups in total. The lowest BCUT2D eigenvalue weighted by atomic mass is 10.1. The molecular formula is C21H25FN2O3S. The molecule has 1 fully saturated rings. The molecule has 28 heavy (non-hydrogen) atoms. The summed E-state index contributed by atoms with van der Waals surface area (Å²) in [6.45, 7) is 4.71. The Hall–Kier alpha value is -2.25. The molecule has 150 valence electrons. The summed E-state index contributed by atoms with van der Waals surface area (Å²) in [5, 5.41) is 2.79. The van der Waals surface area contributed by atoms with Crippen LogP contribution in [0.3, 0.4) is 0 Å². The molecule has 0 aliphatic carbocycles. The van der Waals surface area contributed by atoms with Gasteiger partial charge in [0, 0.05) is 25.2 Å². The number of benzene rings is 2. The Morgan fingerprint density at radius 1 is 1.04 bits per heavy atom. The van der Waals surface area contributed by atoms with Crippen LogP contribution in [0.25, 0.3) is 0 Å². The Morgan fingerprint density at radius 3 is 2.43 bits per heavy atom. The molecule has 1 amide bonds. The van der Waals surface area contributed by atoms with E-state index in [9.17, 15) is 17.6 Å². The summed E-state index contributed by atoms with van der Waals surface area (Å²) in [6.07, 6.45) is 2.75. The van der Waals surface area contributed by atoms with Gasteiger partial charge in [0.1, 0.15) is 5.82 Å². The quantitative estimate of drug-likeness (QED) is 0.829. The first kappa shape index (κ1) is 20.5. The lowest BCUT2D eigenvalue weighted by molar-refractivity contribution is 0.0950. The summed E-state index contributed by atoms with van der Waals surface area (Å²) >= 11 is 0. The second-order valence-electron chi connectivity index (χ2n) is 7.21. The summed E-state index contributed by atoms with van der Waals surface area (Å²) in [5.74, 6) is -0.642. The van der Waals surface area contributed by atoms with Crippen molar-refractivity contribution in [3.8, 4) is 0 Å². The number of sulfonamides is 1. The SMILES string of the molecule is Cc1cc(CNC(=O)c2cc(S(=O)(=O)N3CCCCC3)ccc2C)ccc1F. The van der Waals surface area contributed by atoms with E-state index in [1.54, 1.807) is 38.1 Å². The second-order valence-corrected chi connectivity index (χ2v) is 9.15. The second kappa shape index (κ2) is 8.41. The molecule has 0 radical (unpaired) electrons. The number of rotatable bonds is 5. The van der Waals surface area contributed by atoms with E-state index in [0.717, 1.165) is 24.8 Å². The van der Waals surface area contributed by atoms with Crippen molar-refractivity contribution in [3.63, 3.8) is 0 Å². The molecule has 0 bridgehead atoms. The molecule has 2 aromatic carbocycles. The fourth-order valence-corrected chi connectivity index (χ4v) is 4.90. The number of nitrogens with zero attached hydrogens (tertiary/aromatic N) is 1. The van der Waals surface area contributed by atoms with Gasteiger partial charge < -0.3 is 5.32 Å². The van der Waals surface area contributed by atoms with Gasteiger partial charge in [-0.1, -0.05) is 24.6 Å². The molecule has 0 atom stereocenters. The molecule has 7 heteroatoms. The van der Waals surface area contributed by atoms with Crippen LogP contribution in [0.15, 0.2) is 41.3 Å². The summed E-state index contributed by atoms with van der Waals surface area (Å²) in [4.78, 5) is 12.8. The number of hydrogen-bond acceptors (Lipinski definition) is 3. The van der Waals surface area contributed by atoms with Gasteiger partial charge in [0.25, 0.3) is 5.91 Å². The van der Waals surface area contributed by atoms with Crippen LogP contribution >= 0.6 is 0 Å². The molecule has 2 aromatic rings. The lowest BCUT2D eigenvalue weighted by Crippen LogP contribution is -2.35. The lowest BCUT2D eigenvalue weighted by Gasteiger charge is -2.26. The average Bonchev–Trinajstić information content (AvgIpc) is 2.69. The van der Waals surface area contributed by atoms with Gasteiger partial charge in [-0.25, -0.2) is 12.8 Å². The standard InChI is InChI=1S/C21H25FN2O3S/c1-15-6-8-18(28(26,27)24-10-4-3-5-11-24)13-19(15)21(25)23-14-17-7-9-20(22)16(2)12-17/h6-9,12-13H,3-5,10-11,14H2,1-2H3,(H,23,25). The Balaban J connectivity index is 1.78.